The second kappa shape index (κ2) is 5.83. The van der Waals surface area contributed by atoms with Gasteiger partial charge in [-0.2, -0.15) is 0 Å². The van der Waals surface area contributed by atoms with Crippen molar-refractivity contribution in [1.29, 1.82) is 0 Å². The molecule has 0 saturated heterocycles. The Morgan fingerprint density at radius 1 is 1.10 bits per heavy atom. The van der Waals surface area contributed by atoms with E-state index in [4.69, 9.17) is 4.74 Å². The molecule has 5 nitrogen and oxygen atoms in total. The third kappa shape index (κ3) is 3.51. The Labute approximate surface area is 122 Å². The van der Waals surface area contributed by atoms with Crippen molar-refractivity contribution in [1.82, 2.24) is 10.6 Å². The molecule has 21 heavy (non-hydrogen) atoms. The van der Waals surface area contributed by atoms with E-state index in [9.17, 15) is 9.59 Å². The van der Waals surface area contributed by atoms with E-state index >= 15 is 0 Å². The van der Waals surface area contributed by atoms with Gasteiger partial charge < -0.3 is 10.1 Å². The molecule has 0 aliphatic heterocycles. The molecular weight excluding hydrogens is 268 g/mol. The second-order valence-electron chi connectivity index (χ2n) is 5.06. The lowest BCUT2D eigenvalue weighted by Gasteiger charge is -2.09. The van der Waals surface area contributed by atoms with Crippen molar-refractivity contribution in [2.45, 2.75) is 18.9 Å². The molecular formula is C16H16N2O3. The molecule has 5 heteroatoms. The lowest BCUT2D eigenvalue weighted by molar-refractivity contribution is -0.121. The highest BCUT2D eigenvalue weighted by molar-refractivity contribution is 5.95. The Hall–Kier alpha value is -2.56. The van der Waals surface area contributed by atoms with Crippen LogP contribution in [-0.4, -0.2) is 24.6 Å². The maximum absolute atomic E-state index is 11.7. The number of imide groups is 1. The quantitative estimate of drug-likeness (QED) is 0.904. The summed E-state index contributed by atoms with van der Waals surface area (Å²) in [5.74, 6) is 0.173. The van der Waals surface area contributed by atoms with Crippen molar-refractivity contribution < 1.29 is 14.3 Å². The van der Waals surface area contributed by atoms with Gasteiger partial charge in [-0.15, -0.1) is 0 Å². The highest BCUT2D eigenvalue weighted by atomic mass is 16.5. The Morgan fingerprint density at radius 2 is 1.86 bits per heavy atom. The number of ether oxygens (including phenoxy) is 1. The summed E-state index contributed by atoms with van der Waals surface area (Å²) >= 11 is 0. The van der Waals surface area contributed by atoms with Crippen molar-refractivity contribution in [3.05, 3.63) is 42.5 Å². The van der Waals surface area contributed by atoms with E-state index in [1.165, 1.54) is 0 Å². The fraction of sp³-hybridized carbons (Fsp3) is 0.250. The molecule has 1 fully saturated rings. The van der Waals surface area contributed by atoms with Crippen molar-refractivity contribution in [3.8, 4) is 5.75 Å². The number of benzene rings is 2. The summed E-state index contributed by atoms with van der Waals surface area (Å²) in [5.41, 5.74) is 0. The summed E-state index contributed by atoms with van der Waals surface area (Å²) in [7, 11) is 0. The molecule has 0 atom stereocenters. The first-order valence-electron chi connectivity index (χ1n) is 6.93. The number of carbonyl (C=O) groups is 2. The molecule has 0 spiro atoms. The van der Waals surface area contributed by atoms with Crippen LogP contribution in [-0.2, 0) is 4.79 Å². The molecule has 108 valence electrons. The summed E-state index contributed by atoms with van der Waals surface area (Å²) < 4.78 is 5.51. The summed E-state index contributed by atoms with van der Waals surface area (Å²) in [6, 6.07) is 13.2. The van der Waals surface area contributed by atoms with Crippen LogP contribution in [0.5, 0.6) is 5.75 Å². The molecule has 0 aromatic heterocycles. The zero-order chi connectivity index (χ0) is 14.7. The molecule has 1 saturated carbocycles. The zero-order valence-electron chi connectivity index (χ0n) is 11.5. The number of carbonyl (C=O) groups excluding carboxylic acids is 2. The molecule has 0 unspecified atom stereocenters. The molecule has 0 bridgehead atoms. The van der Waals surface area contributed by atoms with Crippen molar-refractivity contribution >= 4 is 22.7 Å². The van der Waals surface area contributed by atoms with Gasteiger partial charge in [-0.1, -0.05) is 36.4 Å². The third-order valence-electron chi connectivity index (χ3n) is 3.27. The highest BCUT2D eigenvalue weighted by Gasteiger charge is 2.23. The Bertz CT molecular complexity index is 675. The molecule has 3 rings (SSSR count). The predicted molar refractivity (Wildman–Crippen MR) is 79.1 cm³/mol. The Morgan fingerprint density at radius 3 is 2.67 bits per heavy atom. The number of fused-ring (bicyclic) bond motifs is 1. The summed E-state index contributed by atoms with van der Waals surface area (Å²) in [6.45, 7) is -0.188. The van der Waals surface area contributed by atoms with E-state index in [1.807, 2.05) is 36.4 Å². The van der Waals surface area contributed by atoms with E-state index in [0.717, 1.165) is 23.6 Å². The summed E-state index contributed by atoms with van der Waals surface area (Å²) in [4.78, 5) is 23.1. The topological polar surface area (TPSA) is 67.4 Å². The lowest BCUT2D eigenvalue weighted by Crippen LogP contribution is -2.42. The SMILES string of the molecule is O=C(COc1cccc2ccccc12)NC(=O)NC1CC1. The average Bonchev–Trinajstić information content (AvgIpc) is 3.28. The Balaban J connectivity index is 1.58. The highest BCUT2D eigenvalue weighted by Crippen LogP contribution is 2.24. The third-order valence-corrected chi connectivity index (χ3v) is 3.27. The maximum Gasteiger partial charge on any atom is 0.321 e. The van der Waals surface area contributed by atoms with Crippen LogP contribution in [0.2, 0.25) is 0 Å². The van der Waals surface area contributed by atoms with Gasteiger partial charge >= 0.3 is 6.03 Å². The standard InChI is InChI=1S/C16H16N2O3/c19-15(18-16(20)17-12-8-9-12)10-21-14-7-3-5-11-4-1-2-6-13(11)14/h1-7,12H,8-10H2,(H2,17,18,19,20). The fourth-order valence-electron chi connectivity index (χ4n) is 2.08. The second-order valence-corrected chi connectivity index (χ2v) is 5.06. The van der Waals surface area contributed by atoms with E-state index in [0.29, 0.717) is 5.75 Å². The van der Waals surface area contributed by atoms with Crippen molar-refractivity contribution in [2.75, 3.05) is 6.61 Å². The normalized spacial score (nSPS) is 13.7. The molecule has 2 N–H and O–H groups in total. The van der Waals surface area contributed by atoms with Gasteiger partial charge in [-0.05, 0) is 24.3 Å². The number of hydrogen-bond donors (Lipinski definition) is 2. The molecule has 1 aliphatic carbocycles. The van der Waals surface area contributed by atoms with Gasteiger partial charge in [0.2, 0.25) is 0 Å². The summed E-state index contributed by atoms with van der Waals surface area (Å²) in [6.07, 6.45) is 1.96. The van der Waals surface area contributed by atoms with E-state index in [2.05, 4.69) is 10.6 Å². The maximum atomic E-state index is 11.7. The molecule has 0 heterocycles. The van der Waals surface area contributed by atoms with Crippen LogP contribution in [0, 0.1) is 0 Å². The van der Waals surface area contributed by atoms with Crippen molar-refractivity contribution in [3.63, 3.8) is 0 Å². The van der Waals surface area contributed by atoms with Crippen LogP contribution in [0.3, 0.4) is 0 Å². The molecule has 3 amide bonds. The van der Waals surface area contributed by atoms with Gasteiger partial charge in [0.25, 0.3) is 5.91 Å². The molecule has 1 aliphatic rings. The van der Waals surface area contributed by atoms with Crippen molar-refractivity contribution in [2.24, 2.45) is 0 Å². The van der Waals surface area contributed by atoms with Gasteiger partial charge in [0.05, 0.1) is 0 Å². The monoisotopic (exact) mass is 284 g/mol. The van der Waals surface area contributed by atoms with Gasteiger partial charge in [0, 0.05) is 11.4 Å². The van der Waals surface area contributed by atoms with Crippen LogP contribution >= 0.6 is 0 Å². The predicted octanol–water partition coefficient (Wildman–Crippen LogP) is 2.21. The minimum absolute atomic E-state index is 0.188. The van der Waals surface area contributed by atoms with Crippen LogP contribution in [0.4, 0.5) is 4.79 Å². The first-order chi connectivity index (χ1) is 10.2. The largest absolute Gasteiger partial charge is 0.483 e. The minimum Gasteiger partial charge on any atom is -0.483 e. The number of nitrogens with one attached hydrogen (secondary N) is 2. The number of hydrogen-bond acceptors (Lipinski definition) is 3. The van der Waals surface area contributed by atoms with Crippen LogP contribution in [0.1, 0.15) is 12.8 Å². The lowest BCUT2D eigenvalue weighted by atomic mass is 10.1. The zero-order valence-corrected chi connectivity index (χ0v) is 11.5. The van der Waals surface area contributed by atoms with Gasteiger partial charge in [0.15, 0.2) is 6.61 Å². The summed E-state index contributed by atoms with van der Waals surface area (Å²) in [5, 5.41) is 6.93. The van der Waals surface area contributed by atoms with E-state index in [-0.39, 0.29) is 12.6 Å². The number of urea groups is 1. The number of rotatable bonds is 4. The van der Waals surface area contributed by atoms with Crippen LogP contribution in [0.25, 0.3) is 10.8 Å². The van der Waals surface area contributed by atoms with Gasteiger partial charge in [0.1, 0.15) is 5.75 Å². The van der Waals surface area contributed by atoms with E-state index in [1.54, 1.807) is 6.07 Å². The minimum atomic E-state index is -0.457. The van der Waals surface area contributed by atoms with Crippen LogP contribution in [0.15, 0.2) is 42.5 Å². The first kappa shape index (κ1) is 13.4. The first-order valence-corrected chi connectivity index (χ1v) is 6.93. The van der Waals surface area contributed by atoms with Gasteiger partial charge in [-0.25, -0.2) is 4.79 Å². The number of amides is 3. The molecule has 0 radical (unpaired) electrons. The van der Waals surface area contributed by atoms with Gasteiger partial charge in [-0.3, -0.25) is 10.1 Å². The fourth-order valence-corrected chi connectivity index (χ4v) is 2.08. The average molecular weight is 284 g/mol. The Kier molecular flexibility index (Phi) is 3.73. The molecule has 2 aromatic carbocycles. The van der Waals surface area contributed by atoms with E-state index < -0.39 is 11.9 Å². The smallest absolute Gasteiger partial charge is 0.321 e. The molecule has 2 aromatic rings. The van der Waals surface area contributed by atoms with Crippen LogP contribution < -0.4 is 15.4 Å².